The minimum Gasteiger partial charge on any atom is -0.366 e. The molecule has 1 aliphatic heterocycles. The fraction of sp³-hybridized carbons (Fsp3) is 0. The highest BCUT2D eigenvalue weighted by atomic mass is 16.7. The number of aldehydes is 1. The van der Waals surface area contributed by atoms with Crippen molar-refractivity contribution in [2.24, 2.45) is 0 Å². The van der Waals surface area contributed by atoms with Gasteiger partial charge >= 0.3 is 0 Å². The molecule has 2 rings (SSSR count). The van der Waals surface area contributed by atoms with E-state index in [1.165, 1.54) is 11.2 Å². The highest BCUT2D eigenvalue weighted by Crippen LogP contribution is 2.16. The van der Waals surface area contributed by atoms with E-state index in [2.05, 4.69) is 5.43 Å². The maximum absolute atomic E-state index is 10.1. The number of benzene rings is 1. The van der Waals surface area contributed by atoms with Crippen LogP contribution in [0.4, 0.5) is 5.69 Å². The van der Waals surface area contributed by atoms with Crippen LogP contribution in [0.1, 0.15) is 5.56 Å². The first-order valence-electron chi connectivity index (χ1n) is 4.50. The number of anilines is 1. The molecule has 4 heteroatoms. The largest absolute Gasteiger partial charge is 0.366 e. The number of hydrogen-bond acceptors (Lipinski definition) is 4. The maximum Gasteiger partial charge on any atom is 0.142 e. The Kier molecular flexibility index (Phi) is 2.69. The van der Waals surface area contributed by atoms with Gasteiger partial charge in [0.25, 0.3) is 0 Å². The monoisotopic (exact) mass is 202 g/mol. The number of nitrogens with zero attached hydrogens (tertiary/aromatic N) is 1. The van der Waals surface area contributed by atoms with Crippen molar-refractivity contribution in [3.8, 4) is 0 Å². The molecule has 0 bridgehead atoms. The Bertz CT molecular complexity index is 388. The van der Waals surface area contributed by atoms with E-state index < -0.39 is 0 Å². The van der Waals surface area contributed by atoms with Gasteiger partial charge in [0.2, 0.25) is 0 Å². The molecule has 1 aliphatic rings. The molecule has 1 aromatic carbocycles. The van der Waals surface area contributed by atoms with Gasteiger partial charge in [-0.2, -0.15) is 0 Å². The zero-order valence-corrected chi connectivity index (χ0v) is 7.96. The van der Waals surface area contributed by atoms with Crippen molar-refractivity contribution in [2.75, 3.05) is 5.17 Å². The normalized spacial score (nSPS) is 14.0. The second kappa shape index (κ2) is 4.32. The van der Waals surface area contributed by atoms with Crippen molar-refractivity contribution in [3.63, 3.8) is 0 Å². The molecular weight excluding hydrogens is 192 g/mol. The van der Waals surface area contributed by atoms with Crippen LogP contribution in [0.3, 0.4) is 0 Å². The molecule has 0 fully saturated rings. The van der Waals surface area contributed by atoms with Crippen LogP contribution in [0.25, 0.3) is 6.08 Å². The molecule has 76 valence electrons. The third kappa shape index (κ3) is 2.17. The molecule has 0 radical (unpaired) electrons. The molecule has 15 heavy (non-hydrogen) atoms. The lowest BCUT2D eigenvalue weighted by molar-refractivity contribution is -0.104. The van der Waals surface area contributed by atoms with E-state index in [4.69, 9.17) is 4.84 Å². The topological polar surface area (TPSA) is 41.6 Å². The van der Waals surface area contributed by atoms with Crippen LogP contribution >= 0.6 is 0 Å². The molecule has 0 aliphatic carbocycles. The molecule has 0 saturated heterocycles. The number of allylic oxidation sites excluding steroid dienone is 1. The van der Waals surface area contributed by atoms with Gasteiger partial charge in [-0.3, -0.25) is 10.2 Å². The molecular formula is C11H10N2O2. The van der Waals surface area contributed by atoms with Crippen LogP contribution < -0.4 is 10.6 Å². The summed E-state index contributed by atoms with van der Waals surface area (Å²) in [7, 11) is 0. The van der Waals surface area contributed by atoms with E-state index in [9.17, 15) is 4.79 Å². The van der Waals surface area contributed by atoms with Gasteiger partial charge in [-0.25, -0.2) is 0 Å². The minimum atomic E-state index is 0.753. The smallest absolute Gasteiger partial charge is 0.142 e. The fourth-order valence-electron chi connectivity index (χ4n) is 1.23. The summed E-state index contributed by atoms with van der Waals surface area (Å²) in [5.74, 6) is 0. The molecule has 0 atom stereocenters. The molecule has 0 amide bonds. The summed E-state index contributed by atoms with van der Waals surface area (Å²) in [6.07, 6.45) is 7.21. The van der Waals surface area contributed by atoms with Gasteiger partial charge in [-0.05, 0) is 23.8 Å². The standard InChI is InChI=1S/C11H10N2O2/c14-8-1-2-10-3-5-11(6-4-10)13-12-7-9-15-13/h1-9,12H. The van der Waals surface area contributed by atoms with E-state index in [1.54, 1.807) is 18.5 Å². The first-order chi connectivity index (χ1) is 7.40. The molecule has 0 aromatic heterocycles. The molecule has 0 unspecified atom stereocenters. The lowest BCUT2D eigenvalue weighted by atomic mass is 10.2. The van der Waals surface area contributed by atoms with Crippen LogP contribution in [0.5, 0.6) is 0 Å². The van der Waals surface area contributed by atoms with Crippen LogP contribution in [0.15, 0.2) is 42.8 Å². The average molecular weight is 202 g/mol. The van der Waals surface area contributed by atoms with E-state index >= 15 is 0 Å². The van der Waals surface area contributed by atoms with Crippen molar-refractivity contribution < 1.29 is 9.63 Å². The second-order valence-electron chi connectivity index (χ2n) is 2.92. The Morgan fingerprint density at radius 2 is 2.07 bits per heavy atom. The first-order valence-corrected chi connectivity index (χ1v) is 4.50. The lowest BCUT2D eigenvalue weighted by Gasteiger charge is -2.15. The number of hydrazine groups is 1. The highest BCUT2D eigenvalue weighted by molar-refractivity contribution is 5.74. The highest BCUT2D eigenvalue weighted by Gasteiger charge is 2.07. The van der Waals surface area contributed by atoms with Gasteiger partial charge in [0, 0.05) is 0 Å². The lowest BCUT2D eigenvalue weighted by Crippen LogP contribution is -2.27. The van der Waals surface area contributed by atoms with Crippen LogP contribution in [-0.2, 0) is 9.63 Å². The van der Waals surface area contributed by atoms with Gasteiger partial charge in [0.15, 0.2) is 0 Å². The molecule has 0 spiro atoms. The zero-order chi connectivity index (χ0) is 10.5. The van der Waals surface area contributed by atoms with Crippen LogP contribution in [0.2, 0.25) is 0 Å². The van der Waals surface area contributed by atoms with E-state index in [-0.39, 0.29) is 0 Å². The van der Waals surface area contributed by atoms with Crippen molar-refractivity contribution in [1.29, 1.82) is 0 Å². The Labute approximate surface area is 87.4 Å². The summed E-state index contributed by atoms with van der Waals surface area (Å²) >= 11 is 0. The summed E-state index contributed by atoms with van der Waals surface area (Å²) in [6.45, 7) is 0. The Morgan fingerprint density at radius 1 is 1.27 bits per heavy atom. The van der Waals surface area contributed by atoms with Gasteiger partial charge in [-0.15, -0.1) is 5.17 Å². The quantitative estimate of drug-likeness (QED) is 0.597. The third-order valence-electron chi connectivity index (χ3n) is 1.92. The Hall–Kier alpha value is -2.23. The zero-order valence-electron chi connectivity index (χ0n) is 7.96. The van der Waals surface area contributed by atoms with Gasteiger partial charge < -0.3 is 4.84 Å². The van der Waals surface area contributed by atoms with Gasteiger partial charge in [-0.1, -0.05) is 18.2 Å². The van der Waals surface area contributed by atoms with Crippen molar-refractivity contribution in [2.45, 2.75) is 0 Å². The predicted octanol–water partition coefficient (Wildman–Crippen LogP) is 1.63. The number of carbonyl (C=O) groups is 1. The molecule has 0 saturated carbocycles. The summed E-state index contributed by atoms with van der Waals surface area (Å²) in [5.41, 5.74) is 4.75. The van der Waals surface area contributed by atoms with Crippen molar-refractivity contribution >= 4 is 18.0 Å². The molecule has 1 N–H and O–H groups in total. The maximum atomic E-state index is 10.1. The predicted molar refractivity (Wildman–Crippen MR) is 57.4 cm³/mol. The first kappa shape index (κ1) is 9.33. The third-order valence-corrected chi connectivity index (χ3v) is 1.92. The summed E-state index contributed by atoms with van der Waals surface area (Å²) in [6, 6.07) is 7.59. The Morgan fingerprint density at radius 3 is 2.67 bits per heavy atom. The number of hydrogen-bond donors (Lipinski definition) is 1. The second-order valence-corrected chi connectivity index (χ2v) is 2.92. The van der Waals surface area contributed by atoms with E-state index in [1.807, 2.05) is 24.3 Å². The summed E-state index contributed by atoms with van der Waals surface area (Å²) < 4.78 is 0. The minimum absolute atomic E-state index is 0.753. The summed E-state index contributed by atoms with van der Waals surface area (Å²) in [5, 5.41) is 1.53. The average Bonchev–Trinajstić information content (AvgIpc) is 2.80. The summed E-state index contributed by atoms with van der Waals surface area (Å²) in [4.78, 5) is 15.2. The van der Waals surface area contributed by atoms with Crippen molar-refractivity contribution in [3.05, 3.63) is 48.4 Å². The molecule has 1 aromatic rings. The molecule has 1 heterocycles. The Balaban J connectivity index is 2.09. The number of rotatable bonds is 3. The van der Waals surface area contributed by atoms with Crippen molar-refractivity contribution in [1.82, 2.24) is 5.43 Å². The van der Waals surface area contributed by atoms with Gasteiger partial charge in [0.1, 0.15) is 12.5 Å². The van der Waals surface area contributed by atoms with Crippen LogP contribution in [0, 0.1) is 0 Å². The fourth-order valence-corrected chi connectivity index (χ4v) is 1.23. The SMILES string of the molecule is O=CC=Cc1ccc(N2NC=CO2)cc1. The van der Waals surface area contributed by atoms with Crippen LogP contribution in [-0.4, -0.2) is 6.29 Å². The number of carbonyl (C=O) groups excluding carboxylic acids is 1. The molecule has 4 nitrogen and oxygen atoms in total. The van der Waals surface area contributed by atoms with Gasteiger partial charge in [0.05, 0.1) is 11.9 Å². The number of nitrogens with one attached hydrogen (secondary N) is 1. The van der Waals surface area contributed by atoms with E-state index in [0.29, 0.717) is 0 Å². The van der Waals surface area contributed by atoms with E-state index in [0.717, 1.165) is 17.5 Å².